The van der Waals surface area contributed by atoms with E-state index in [1.54, 1.807) is 0 Å². The Labute approximate surface area is 118 Å². The quantitative estimate of drug-likeness (QED) is 0.801. The second kappa shape index (κ2) is 7.54. The van der Waals surface area contributed by atoms with Crippen LogP contribution < -0.4 is 5.32 Å². The molecule has 0 radical (unpaired) electrons. The maximum absolute atomic E-state index is 3.69. The molecule has 2 rings (SSSR count). The van der Waals surface area contributed by atoms with Crippen molar-refractivity contribution in [2.75, 3.05) is 26.0 Å². The Bertz CT molecular complexity index is 365. The molecule has 1 aromatic rings. The Kier molecular flexibility index (Phi) is 5.71. The van der Waals surface area contributed by atoms with Crippen LogP contribution in [0.2, 0.25) is 0 Å². The molecular formula is C17H28N2. The van der Waals surface area contributed by atoms with Gasteiger partial charge in [0.1, 0.15) is 0 Å². The number of anilines is 1. The average Bonchev–Trinajstić information content (AvgIpc) is 2.65. The summed E-state index contributed by atoms with van der Waals surface area (Å²) in [5.74, 6) is 0.870. The van der Waals surface area contributed by atoms with Crippen molar-refractivity contribution in [3.63, 3.8) is 0 Å². The molecule has 0 amide bonds. The van der Waals surface area contributed by atoms with Gasteiger partial charge in [0.15, 0.2) is 0 Å². The van der Waals surface area contributed by atoms with Crippen LogP contribution in [0.15, 0.2) is 24.3 Å². The average molecular weight is 260 g/mol. The lowest BCUT2D eigenvalue weighted by Crippen LogP contribution is -2.17. The van der Waals surface area contributed by atoms with Crippen LogP contribution in [0.4, 0.5) is 5.69 Å². The Morgan fingerprint density at radius 1 is 1.05 bits per heavy atom. The van der Waals surface area contributed by atoms with Crippen molar-refractivity contribution >= 4 is 5.69 Å². The van der Waals surface area contributed by atoms with E-state index in [1.807, 2.05) is 0 Å². The Morgan fingerprint density at radius 2 is 1.74 bits per heavy atom. The lowest BCUT2D eigenvalue weighted by molar-refractivity contribution is 0.403. The third kappa shape index (κ3) is 4.87. The molecule has 0 saturated heterocycles. The summed E-state index contributed by atoms with van der Waals surface area (Å²) in [6.07, 6.45) is 8.53. The maximum atomic E-state index is 3.69. The minimum atomic E-state index is 0.870. The maximum Gasteiger partial charge on any atom is 0.0385 e. The largest absolute Gasteiger partial charge is 0.385 e. The van der Waals surface area contributed by atoms with E-state index >= 15 is 0 Å². The van der Waals surface area contributed by atoms with Gasteiger partial charge in [-0.3, -0.25) is 0 Å². The van der Waals surface area contributed by atoms with Gasteiger partial charge in [-0.05, 0) is 44.5 Å². The second-order valence-corrected chi connectivity index (χ2v) is 6.13. The summed E-state index contributed by atoms with van der Waals surface area (Å²) in [5.41, 5.74) is 2.72. The minimum Gasteiger partial charge on any atom is -0.385 e. The summed E-state index contributed by atoms with van der Waals surface area (Å²) >= 11 is 0. The van der Waals surface area contributed by atoms with E-state index in [9.17, 15) is 0 Å². The number of nitrogens with zero attached hydrogens (tertiary/aromatic N) is 1. The van der Waals surface area contributed by atoms with Crippen LogP contribution in [0.3, 0.4) is 0 Å². The predicted molar refractivity (Wildman–Crippen MR) is 83.5 cm³/mol. The molecule has 0 aliphatic heterocycles. The van der Waals surface area contributed by atoms with Crippen molar-refractivity contribution in [3.05, 3.63) is 29.8 Å². The zero-order valence-corrected chi connectivity index (χ0v) is 12.5. The third-order valence-electron chi connectivity index (χ3n) is 4.06. The summed E-state index contributed by atoms with van der Waals surface area (Å²) in [4.78, 5) is 2.23. The van der Waals surface area contributed by atoms with Crippen molar-refractivity contribution in [1.29, 1.82) is 0 Å². The molecule has 0 heterocycles. The Morgan fingerprint density at radius 3 is 2.42 bits per heavy atom. The highest BCUT2D eigenvalue weighted by atomic mass is 15.1. The van der Waals surface area contributed by atoms with E-state index in [0.717, 1.165) is 19.0 Å². The number of hydrogen-bond acceptors (Lipinski definition) is 2. The highest BCUT2D eigenvalue weighted by molar-refractivity contribution is 5.51. The highest BCUT2D eigenvalue weighted by Gasteiger charge is 2.12. The standard InChI is InChI=1S/C17H28N2/c1-19(2)14-16-11-7-8-12-17(16)18-13-15-9-5-3-4-6-10-15/h7-8,11-12,15,18H,3-6,9-10,13-14H2,1-2H3. The van der Waals surface area contributed by atoms with Crippen LogP contribution in [0, 0.1) is 5.92 Å². The second-order valence-electron chi connectivity index (χ2n) is 6.13. The van der Waals surface area contributed by atoms with E-state index in [0.29, 0.717) is 0 Å². The van der Waals surface area contributed by atoms with E-state index < -0.39 is 0 Å². The van der Waals surface area contributed by atoms with Crippen LogP contribution in [0.25, 0.3) is 0 Å². The number of rotatable bonds is 5. The molecule has 1 aliphatic rings. The van der Waals surface area contributed by atoms with Crippen LogP contribution >= 0.6 is 0 Å². The lowest BCUT2D eigenvalue weighted by atomic mass is 10.00. The molecule has 1 aliphatic carbocycles. The zero-order chi connectivity index (χ0) is 13.5. The summed E-state index contributed by atoms with van der Waals surface area (Å²) in [6, 6.07) is 8.72. The molecule has 2 heteroatoms. The summed E-state index contributed by atoms with van der Waals surface area (Å²) in [5, 5.41) is 3.69. The van der Waals surface area contributed by atoms with E-state index in [-0.39, 0.29) is 0 Å². The first-order valence-corrected chi connectivity index (χ1v) is 7.72. The smallest absolute Gasteiger partial charge is 0.0385 e. The van der Waals surface area contributed by atoms with Gasteiger partial charge in [-0.2, -0.15) is 0 Å². The molecule has 0 unspecified atom stereocenters. The van der Waals surface area contributed by atoms with Crippen molar-refractivity contribution in [2.45, 2.75) is 45.1 Å². The molecule has 0 bridgehead atoms. The fraction of sp³-hybridized carbons (Fsp3) is 0.647. The van der Waals surface area contributed by atoms with Gasteiger partial charge >= 0.3 is 0 Å². The van der Waals surface area contributed by atoms with Crippen LogP contribution in [0.5, 0.6) is 0 Å². The van der Waals surface area contributed by atoms with Gasteiger partial charge in [0.25, 0.3) is 0 Å². The molecule has 1 fully saturated rings. The van der Waals surface area contributed by atoms with E-state index in [2.05, 4.69) is 48.6 Å². The van der Waals surface area contributed by atoms with Crippen LogP contribution in [0.1, 0.15) is 44.1 Å². The molecule has 0 spiro atoms. The van der Waals surface area contributed by atoms with Crippen molar-refractivity contribution in [2.24, 2.45) is 5.92 Å². The van der Waals surface area contributed by atoms with Gasteiger partial charge in [-0.1, -0.05) is 43.9 Å². The van der Waals surface area contributed by atoms with E-state index in [4.69, 9.17) is 0 Å². The molecule has 1 aromatic carbocycles. The molecule has 2 nitrogen and oxygen atoms in total. The van der Waals surface area contributed by atoms with Crippen molar-refractivity contribution < 1.29 is 0 Å². The molecule has 0 aromatic heterocycles. The first kappa shape index (κ1) is 14.4. The highest BCUT2D eigenvalue weighted by Crippen LogP contribution is 2.24. The fourth-order valence-corrected chi connectivity index (χ4v) is 2.99. The van der Waals surface area contributed by atoms with Gasteiger partial charge in [0.05, 0.1) is 0 Å². The van der Waals surface area contributed by atoms with Gasteiger partial charge in [0, 0.05) is 18.8 Å². The lowest BCUT2D eigenvalue weighted by Gasteiger charge is -2.19. The molecule has 1 saturated carbocycles. The fourth-order valence-electron chi connectivity index (χ4n) is 2.99. The number of hydrogen-bond donors (Lipinski definition) is 1. The van der Waals surface area contributed by atoms with Crippen LogP contribution in [-0.2, 0) is 6.54 Å². The SMILES string of the molecule is CN(C)Cc1ccccc1NCC1CCCCCC1. The monoisotopic (exact) mass is 260 g/mol. The van der Waals surface area contributed by atoms with Crippen LogP contribution in [-0.4, -0.2) is 25.5 Å². The first-order chi connectivity index (χ1) is 9.25. The first-order valence-electron chi connectivity index (χ1n) is 7.72. The Balaban J connectivity index is 1.90. The molecule has 0 atom stereocenters. The predicted octanol–water partition coefficient (Wildman–Crippen LogP) is 4.13. The summed E-state index contributed by atoms with van der Waals surface area (Å²) in [6.45, 7) is 2.15. The topological polar surface area (TPSA) is 15.3 Å². The summed E-state index contributed by atoms with van der Waals surface area (Å²) in [7, 11) is 4.25. The van der Waals surface area contributed by atoms with Gasteiger partial charge in [0.2, 0.25) is 0 Å². The van der Waals surface area contributed by atoms with E-state index in [1.165, 1.54) is 49.8 Å². The van der Waals surface area contributed by atoms with Gasteiger partial charge < -0.3 is 10.2 Å². The third-order valence-corrected chi connectivity index (χ3v) is 4.06. The summed E-state index contributed by atoms with van der Waals surface area (Å²) < 4.78 is 0. The normalized spacial score (nSPS) is 17.4. The number of benzene rings is 1. The Hall–Kier alpha value is -1.02. The van der Waals surface area contributed by atoms with Crippen molar-refractivity contribution in [1.82, 2.24) is 4.90 Å². The molecular weight excluding hydrogens is 232 g/mol. The molecule has 1 N–H and O–H groups in total. The van der Waals surface area contributed by atoms with Gasteiger partial charge in [-0.15, -0.1) is 0 Å². The molecule has 106 valence electrons. The number of nitrogens with one attached hydrogen (secondary N) is 1. The minimum absolute atomic E-state index is 0.870. The van der Waals surface area contributed by atoms with Crippen molar-refractivity contribution in [3.8, 4) is 0 Å². The zero-order valence-electron chi connectivity index (χ0n) is 12.5. The molecule has 19 heavy (non-hydrogen) atoms. The van der Waals surface area contributed by atoms with Gasteiger partial charge in [-0.25, -0.2) is 0 Å². The number of para-hydroxylation sites is 1.